The van der Waals surface area contributed by atoms with Crippen LogP contribution in [0.15, 0.2) is 48.5 Å². The number of anilines is 2. The molecule has 210 valence electrons. The number of rotatable bonds is 4. The number of urea groups is 1. The number of benzene rings is 3. The second-order valence-electron chi connectivity index (χ2n) is 9.44. The number of aromatic nitrogens is 2. The molecule has 2 aliphatic rings. The topological polar surface area (TPSA) is 90.1 Å². The van der Waals surface area contributed by atoms with Crippen LogP contribution in [0.5, 0.6) is 0 Å². The van der Waals surface area contributed by atoms with Crippen LogP contribution in [0.25, 0.3) is 11.3 Å². The molecule has 0 spiro atoms. The van der Waals surface area contributed by atoms with E-state index in [4.69, 9.17) is 11.6 Å². The van der Waals surface area contributed by atoms with Crippen molar-refractivity contribution in [2.45, 2.75) is 18.6 Å². The minimum atomic E-state index is -4.72. The highest BCUT2D eigenvalue weighted by atomic mass is 35.5. The molecule has 1 aromatic heterocycles. The highest BCUT2D eigenvalue weighted by Gasteiger charge is 2.42. The molecule has 3 amide bonds. The van der Waals surface area contributed by atoms with Crippen LogP contribution in [0.1, 0.15) is 38.8 Å². The van der Waals surface area contributed by atoms with E-state index in [0.29, 0.717) is 11.6 Å². The molecule has 3 N–H and O–H groups in total. The summed E-state index contributed by atoms with van der Waals surface area (Å²) in [4.78, 5) is 27.7. The first-order valence-electron chi connectivity index (χ1n) is 12.0. The average Bonchev–Trinajstić information content (AvgIpc) is 3.57. The minimum Gasteiger partial charge on any atom is -0.327 e. The van der Waals surface area contributed by atoms with Crippen LogP contribution in [0.3, 0.4) is 0 Å². The summed E-state index contributed by atoms with van der Waals surface area (Å²) in [5.41, 5.74) is -0.326. The number of aromatic amines is 1. The van der Waals surface area contributed by atoms with Crippen molar-refractivity contribution in [2.75, 3.05) is 16.8 Å². The third kappa shape index (κ3) is 4.65. The first kappa shape index (κ1) is 26.7. The average molecular weight is 592 g/mol. The normalized spacial score (nSPS) is 16.0. The number of nitrogens with one attached hydrogen (secondary N) is 3. The van der Waals surface area contributed by atoms with Crippen LogP contribution in [0.2, 0.25) is 5.02 Å². The molecule has 6 rings (SSSR count). The van der Waals surface area contributed by atoms with E-state index in [9.17, 15) is 35.9 Å². The van der Waals surface area contributed by atoms with Crippen LogP contribution in [0, 0.1) is 17.5 Å². The smallest absolute Gasteiger partial charge is 0.327 e. The number of hydrogen-bond donors (Lipinski definition) is 3. The Morgan fingerprint density at radius 3 is 2.44 bits per heavy atom. The van der Waals surface area contributed by atoms with Gasteiger partial charge in [0.25, 0.3) is 5.91 Å². The second-order valence-corrected chi connectivity index (χ2v) is 9.85. The number of carbonyl (C=O) groups is 2. The van der Waals surface area contributed by atoms with Gasteiger partial charge in [-0.1, -0.05) is 11.6 Å². The summed E-state index contributed by atoms with van der Waals surface area (Å²) in [5.74, 6) is -3.63. The van der Waals surface area contributed by atoms with Crippen molar-refractivity contribution in [1.82, 2.24) is 15.5 Å². The Labute approximate surface area is 232 Å². The summed E-state index contributed by atoms with van der Waals surface area (Å²) >= 11 is 6.37. The van der Waals surface area contributed by atoms with Gasteiger partial charge in [0, 0.05) is 45.6 Å². The Morgan fingerprint density at radius 2 is 1.76 bits per heavy atom. The standard InChI is InChI=1S/C27H16ClF6N5O2/c28-18-2-1-12(29)8-17(18)23-22-20(35-25(40)11-5-13(30)7-14(31)6-11)9-16(19-10-21(38-37-19)27(32,33)34)15-3-4-39(24(15)22)26(41)36-23/h1-2,5-10,23H,3-4H2,(H,35,40)(H,36,41)(H,37,38). The predicted octanol–water partition coefficient (Wildman–Crippen LogP) is 6.59. The quantitative estimate of drug-likeness (QED) is 0.234. The number of nitrogens with zero attached hydrogens (tertiary/aromatic N) is 2. The van der Waals surface area contributed by atoms with Gasteiger partial charge in [-0.3, -0.25) is 14.8 Å². The van der Waals surface area contributed by atoms with Gasteiger partial charge in [-0.05, 0) is 54.4 Å². The fourth-order valence-electron chi connectivity index (χ4n) is 5.18. The van der Waals surface area contributed by atoms with Gasteiger partial charge in [-0.25, -0.2) is 18.0 Å². The van der Waals surface area contributed by atoms with Crippen LogP contribution in [0.4, 0.5) is 42.5 Å². The van der Waals surface area contributed by atoms with Crippen molar-refractivity contribution in [3.05, 3.63) is 99.0 Å². The van der Waals surface area contributed by atoms with Crippen molar-refractivity contribution < 1.29 is 35.9 Å². The van der Waals surface area contributed by atoms with E-state index in [0.717, 1.165) is 30.3 Å². The number of H-pyrrole nitrogens is 1. The lowest BCUT2D eigenvalue weighted by atomic mass is 9.88. The lowest BCUT2D eigenvalue weighted by Gasteiger charge is -2.35. The molecule has 3 aromatic carbocycles. The maximum atomic E-state index is 14.3. The number of halogens is 7. The van der Waals surface area contributed by atoms with Crippen LogP contribution in [-0.2, 0) is 12.6 Å². The Morgan fingerprint density at radius 1 is 1.02 bits per heavy atom. The maximum Gasteiger partial charge on any atom is 0.432 e. The zero-order valence-corrected chi connectivity index (χ0v) is 21.2. The lowest BCUT2D eigenvalue weighted by molar-refractivity contribution is -0.141. The van der Waals surface area contributed by atoms with Gasteiger partial charge in [-0.15, -0.1) is 0 Å². The van der Waals surface area contributed by atoms with Crippen LogP contribution in [-0.4, -0.2) is 28.7 Å². The summed E-state index contributed by atoms with van der Waals surface area (Å²) in [6, 6.07) is 6.16. The molecule has 3 heterocycles. The molecule has 0 saturated carbocycles. The molecule has 7 nitrogen and oxygen atoms in total. The zero-order valence-electron chi connectivity index (χ0n) is 20.5. The second kappa shape index (κ2) is 9.54. The van der Waals surface area contributed by atoms with Crippen molar-refractivity contribution in [2.24, 2.45) is 0 Å². The van der Waals surface area contributed by atoms with Gasteiger partial charge < -0.3 is 10.6 Å². The highest BCUT2D eigenvalue weighted by Crippen LogP contribution is 2.50. The summed E-state index contributed by atoms with van der Waals surface area (Å²) in [7, 11) is 0. The molecule has 1 atom stereocenters. The fourth-order valence-corrected chi connectivity index (χ4v) is 5.40. The first-order chi connectivity index (χ1) is 19.4. The number of hydrogen-bond acceptors (Lipinski definition) is 3. The Bertz CT molecular complexity index is 1730. The van der Waals surface area contributed by atoms with Gasteiger partial charge in [0.2, 0.25) is 0 Å². The number of alkyl halides is 3. The SMILES string of the molecule is O=C(Nc1cc(-c2cc(C(F)(F)F)[nH]n2)c2c3c1C(c1cc(F)ccc1Cl)NC(=O)N3CC2)c1cc(F)cc(F)c1. The van der Waals surface area contributed by atoms with E-state index < -0.39 is 47.3 Å². The van der Waals surface area contributed by atoms with Gasteiger partial charge >= 0.3 is 12.2 Å². The fraction of sp³-hybridized carbons (Fsp3) is 0.148. The Kier molecular flexibility index (Phi) is 6.21. The van der Waals surface area contributed by atoms with Gasteiger partial charge in [-0.2, -0.15) is 18.3 Å². The third-order valence-corrected chi connectivity index (χ3v) is 7.25. The summed E-state index contributed by atoms with van der Waals surface area (Å²) in [6.07, 6.45) is -4.49. The Balaban J connectivity index is 1.58. The molecule has 0 bridgehead atoms. The van der Waals surface area contributed by atoms with Crippen LogP contribution < -0.4 is 15.5 Å². The molecule has 2 aliphatic heterocycles. The van der Waals surface area contributed by atoms with Crippen molar-refractivity contribution in [3.8, 4) is 11.3 Å². The maximum absolute atomic E-state index is 14.3. The summed E-state index contributed by atoms with van der Waals surface area (Å²) < 4.78 is 82.1. The van der Waals surface area contributed by atoms with Gasteiger partial charge in [0.1, 0.15) is 23.1 Å². The van der Waals surface area contributed by atoms with Crippen molar-refractivity contribution >= 4 is 34.9 Å². The number of carbonyl (C=O) groups excluding carboxylic acids is 2. The zero-order chi connectivity index (χ0) is 29.2. The van der Waals surface area contributed by atoms with Crippen molar-refractivity contribution in [1.29, 1.82) is 0 Å². The monoisotopic (exact) mass is 591 g/mol. The molecule has 0 radical (unpaired) electrons. The molecule has 41 heavy (non-hydrogen) atoms. The highest BCUT2D eigenvalue weighted by molar-refractivity contribution is 6.31. The molecular formula is C27H16ClF6N5O2. The first-order valence-corrected chi connectivity index (χ1v) is 12.4. The van der Waals surface area contributed by atoms with E-state index in [-0.39, 0.29) is 57.3 Å². The van der Waals surface area contributed by atoms with Crippen molar-refractivity contribution in [3.63, 3.8) is 0 Å². The third-order valence-electron chi connectivity index (χ3n) is 6.90. The largest absolute Gasteiger partial charge is 0.432 e. The summed E-state index contributed by atoms with van der Waals surface area (Å²) in [5, 5.41) is 11.1. The minimum absolute atomic E-state index is 0.0257. The van der Waals surface area contributed by atoms with E-state index in [1.54, 1.807) is 0 Å². The molecule has 4 aromatic rings. The van der Waals surface area contributed by atoms with E-state index >= 15 is 0 Å². The lowest BCUT2D eigenvalue weighted by Crippen LogP contribution is -2.46. The van der Waals surface area contributed by atoms with Gasteiger partial charge in [0.15, 0.2) is 0 Å². The molecule has 0 fully saturated rings. The molecule has 0 aliphatic carbocycles. The van der Waals surface area contributed by atoms with Crippen LogP contribution >= 0.6 is 11.6 Å². The van der Waals surface area contributed by atoms with Gasteiger partial charge in [0.05, 0.1) is 17.4 Å². The van der Waals surface area contributed by atoms with E-state index in [1.807, 2.05) is 5.10 Å². The number of amides is 3. The predicted molar refractivity (Wildman–Crippen MR) is 136 cm³/mol. The van der Waals surface area contributed by atoms with E-state index in [1.165, 1.54) is 17.0 Å². The summed E-state index contributed by atoms with van der Waals surface area (Å²) in [6.45, 7) is 0.147. The Hall–Kier alpha value is -4.52. The molecule has 0 saturated heterocycles. The molecule has 1 unspecified atom stereocenters. The molecular weight excluding hydrogens is 576 g/mol. The van der Waals surface area contributed by atoms with E-state index in [2.05, 4.69) is 15.7 Å². The molecule has 14 heteroatoms.